The van der Waals surface area contributed by atoms with E-state index in [1.165, 1.54) is 11.3 Å². The van der Waals surface area contributed by atoms with Gasteiger partial charge >= 0.3 is 5.97 Å². The standard InChI is InChI=1S/C14H15NO2S/c1-8(2)13-15-11(12(18-13)14(16)17)10-6-4-9(3)5-7-10/h4-8H,1-3H3,(H,16,17). The predicted octanol–water partition coefficient (Wildman–Crippen LogP) is 3.94. The van der Waals surface area contributed by atoms with E-state index in [1.54, 1.807) is 0 Å². The molecule has 0 unspecified atom stereocenters. The monoisotopic (exact) mass is 261 g/mol. The molecule has 0 bridgehead atoms. The van der Waals surface area contributed by atoms with Gasteiger partial charge in [-0.3, -0.25) is 0 Å². The van der Waals surface area contributed by atoms with E-state index in [4.69, 9.17) is 0 Å². The second-order valence-electron chi connectivity index (χ2n) is 4.56. The first-order valence-corrected chi connectivity index (χ1v) is 6.61. The third kappa shape index (κ3) is 2.43. The van der Waals surface area contributed by atoms with E-state index >= 15 is 0 Å². The maximum atomic E-state index is 11.3. The van der Waals surface area contributed by atoms with Gasteiger partial charge in [0.15, 0.2) is 0 Å². The Morgan fingerprint density at radius 1 is 1.28 bits per heavy atom. The number of thiazole rings is 1. The number of carbonyl (C=O) groups is 1. The summed E-state index contributed by atoms with van der Waals surface area (Å²) in [6.45, 7) is 6.04. The Labute approximate surface area is 110 Å². The molecule has 1 heterocycles. The number of aromatic carboxylic acids is 1. The molecule has 0 aliphatic rings. The highest BCUT2D eigenvalue weighted by atomic mass is 32.1. The van der Waals surface area contributed by atoms with Gasteiger partial charge < -0.3 is 5.11 Å². The molecule has 0 saturated carbocycles. The van der Waals surface area contributed by atoms with Gasteiger partial charge in [-0.2, -0.15) is 0 Å². The first-order valence-electron chi connectivity index (χ1n) is 5.80. The van der Waals surface area contributed by atoms with Crippen LogP contribution in [0.15, 0.2) is 24.3 Å². The van der Waals surface area contributed by atoms with Crippen molar-refractivity contribution in [2.45, 2.75) is 26.7 Å². The van der Waals surface area contributed by atoms with Gasteiger partial charge in [0.25, 0.3) is 0 Å². The summed E-state index contributed by atoms with van der Waals surface area (Å²) in [6, 6.07) is 7.77. The highest BCUT2D eigenvalue weighted by Gasteiger charge is 2.19. The molecule has 18 heavy (non-hydrogen) atoms. The number of hydrogen-bond acceptors (Lipinski definition) is 3. The lowest BCUT2D eigenvalue weighted by Gasteiger charge is -2.00. The third-order valence-corrected chi connectivity index (χ3v) is 4.00. The molecule has 3 nitrogen and oxygen atoms in total. The van der Waals surface area contributed by atoms with Gasteiger partial charge in [-0.05, 0) is 6.92 Å². The summed E-state index contributed by atoms with van der Waals surface area (Å²) in [6.07, 6.45) is 0. The minimum Gasteiger partial charge on any atom is -0.477 e. The number of aromatic nitrogens is 1. The van der Waals surface area contributed by atoms with Gasteiger partial charge in [0, 0.05) is 11.5 Å². The lowest BCUT2D eigenvalue weighted by molar-refractivity contribution is 0.0702. The molecular formula is C14H15NO2S. The summed E-state index contributed by atoms with van der Waals surface area (Å²) in [5, 5.41) is 10.1. The Morgan fingerprint density at radius 3 is 2.39 bits per heavy atom. The summed E-state index contributed by atoms with van der Waals surface area (Å²) in [5.41, 5.74) is 2.59. The van der Waals surface area contributed by atoms with Crippen molar-refractivity contribution in [2.75, 3.05) is 0 Å². The zero-order valence-corrected chi connectivity index (χ0v) is 11.4. The molecule has 2 rings (SSSR count). The number of aryl methyl sites for hydroxylation is 1. The first kappa shape index (κ1) is 12.8. The Kier molecular flexibility index (Phi) is 3.48. The van der Waals surface area contributed by atoms with Gasteiger partial charge in [-0.25, -0.2) is 9.78 Å². The van der Waals surface area contributed by atoms with Crippen molar-refractivity contribution >= 4 is 17.3 Å². The van der Waals surface area contributed by atoms with Gasteiger partial charge in [-0.1, -0.05) is 43.7 Å². The quantitative estimate of drug-likeness (QED) is 0.910. The van der Waals surface area contributed by atoms with Crippen LogP contribution in [0.1, 0.15) is 40.0 Å². The van der Waals surface area contributed by atoms with E-state index < -0.39 is 5.97 Å². The maximum absolute atomic E-state index is 11.3. The van der Waals surface area contributed by atoms with Crippen molar-refractivity contribution in [1.29, 1.82) is 0 Å². The minimum atomic E-state index is -0.907. The molecule has 1 aromatic heterocycles. The summed E-state index contributed by atoms with van der Waals surface area (Å²) < 4.78 is 0. The molecule has 0 atom stereocenters. The van der Waals surface area contributed by atoms with E-state index in [2.05, 4.69) is 4.98 Å². The average Bonchev–Trinajstić information content (AvgIpc) is 2.75. The van der Waals surface area contributed by atoms with Crippen LogP contribution in [0.3, 0.4) is 0 Å². The fraction of sp³-hybridized carbons (Fsp3) is 0.286. The van der Waals surface area contributed by atoms with Crippen molar-refractivity contribution in [3.8, 4) is 11.3 Å². The lowest BCUT2D eigenvalue weighted by atomic mass is 10.1. The van der Waals surface area contributed by atoms with Crippen molar-refractivity contribution < 1.29 is 9.90 Å². The average molecular weight is 261 g/mol. The Balaban J connectivity index is 2.55. The number of nitrogens with zero attached hydrogens (tertiary/aromatic N) is 1. The predicted molar refractivity (Wildman–Crippen MR) is 73.3 cm³/mol. The fourth-order valence-electron chi connectivity index (χ4n) is 1.64. The Bertz CT molecular complexity index is 570. The molecule has 0 amide bonds. The molecule has 0 saturated heterocycles. The van der Waals surface area contributed by atoms with Crippen molar-refractivity contribution in [3.63, 3.8) is 0 Å². The number of rotatable bonds is 3. The van der Waals surface area contributed by atoms with E-state index in [-0.39, 0.29) is 5.92 Å². The van der Waals surface area contributed by atoms with Crippen LogP contribution in [0.2, 0.25) is 0 Å². The van der Waals surface area contributed by atoms with Crippen molar-refractivity contribution in [2.24, 2.45) is 0 Å². The topological polar surface area (TPSA) is 50.2 Å². The van der Waals surface area contributed by atoms with Gasteiger partial charge in [-0.15, -0.1) is 11.3 Å². The largest absolute Gasteiger partial charge is 0.477 e. The molecular weight excluding hydrogens is 246 g/mol. The highest BCUT2D eigenvalue weighted by Crippen LogP contribution is 2.31. The van der Waals surface area contributed by atoms with Crippen LogP contribution < -0.4 is 0 Å². The Morgan fingerprint density at radius 2 is 1.89 bits per heavy atom. The maximum Gasteiger partial charge on any atom is 0.348 e. The summed E-state index contributed by atoms with van der Waals surface area (Å²) in [5.74, 6) is -0.665. The number of carboxylic acids is 1. The lowest BCUT2D eigenvalue weighted by Crippen LogP contribution is -1.95. The molecule has 1 N–H and O–H groups in total. The SMILES string of the molecule is Cc1ccc(-c2nc(C(C)C)sc2C(=O)O)cc1. The molecule has 0 spiro atoms. The molecule has 1 aromatic carbocycles. The van der Waals surface area contributed by atoms with Gasteiger partial charge in [0.1, 0.15) is 4.88 Å². The number of benzene rings is 1. The second-order valence-corrected chi connectivity index (χ2v) is 5.59. The van der Waals surface area contributed by atoms with E-state index in [1.807, 2.05) is 45.0 Å². The smallest absolute Gasteiger partial charge is 0.348 e. The first-order chi connectivity index (χ1) is 8.49. The van der Waals surface area contributed by atoms with Crippen LogP contribution in [0.4, 0.5) is 0 Å². The molecule has 94 valence electrons. The van der Waals surface area contributed by atoms with Crippen LogP contribution in [-0.4, -0.2) is 16.1 Å². The van der Waals surface area contributed by atoms with E-state index in [0.29, 0.717) is 10.6 Å². The minimum absolute atomic E-state index is 0.243. The molecule has 2 aromatic rings. The number of carboxylic acid groups (broad SMARTS) is 1. The van der Waals surface area contributed by atoms with E-state index in [9.17, 15) is 9.90 Å². The van der Waals surface area contributed by atoms with Gasteiger partial charge in [0.2, 0.25) is 0 Å². The summed E-state index contributed by atoms with van der Waals surface area (Å²) in [7, 11) is 0. The van der Waals surface area contributed by atoms with Crippen molar-refractivity contribution in [1.82, 2.24) is 4.98 Å². The normalized spacial score (nSPS) is 10.9. The Hall–Kier alpha value is -1.68. The molecule has 0 aliphatic heterocycles. The summed E-state index contributed by atoms with van der Waals surface area (Å²) >= 11 is 1.26. The van der Waals surface area contributed by atoms with Crippen LogP contribution in [0.25, 0.3) is 11.3 Å². The molecule has 0 radical (unpaired) electrons. The van der Waals surface area contributed by atoms with Crippen molar-refractivity contribution in [3.05, 3.63) is 39.7 Å². The zero-order valence-electron chi connectivity index (χ0n) is 10.6. The third-order valence-electron chi connectivity index (χ3n) is 2.66. The zero-order chi connectivity index (χ0) is 13.3. The molecule has 4 heteroatoms. The van der Waals surface area contributed by atoms with Crippen LogP contribution in [0, 0.1) is 6.92 Å². The van der Waals surface area contributed by atoms with Crippen LogP contribution in [-0.2, 0) is 0 Å². The molecule has 0 fully saturated rings. The number of hydrogen-bond donors (Lipinski definition) is 1. The summed E-state index contributed by atoms with van der Waals surface area (Å²) in [4.78, 5) is 16.1. The highest BCUT2D eigenvalue weighted by molar-refractivity contribution is 7.14. The van der Waals surface area contributed by atoms with E-state index in [0.717, 1.165) is 16.1 Å². The van der Waals surface area contributed by atoms with Crippen LogP contribution in [0.5, 0.6) is 0 Å². The van der Waals surface area contributed by atoms with Crippen LogP contribution >= 0.6 is 11.3 Å². The van der Waals surface area contributed by atoms with Gasteiger partial charge in [0.05, 0.1) is 10.7 Å². The second kappa shape index (κ2) is 4.90. The molecule has 0 aliphatic carbocycles. The fourth-order valence-corrected chi connectivity index (χ4v) is 2.56.